The summed E-state index contributed by atoms with van der Waals surface area (Å²) in [6.07, 6.45) is 3.92. The second-order valence-corrected chi connectivity index (χ2v) is 6.55. The van der Waals surface area contributed by atoms with Crippen molar-refractivity contribution >= 4 is 29.1 Å². The summed E-state index contributed by atoms with van der Waals surface area (Å²) < 4.78 is 2.22. The molecule has 18 heavy (non-hydrogen) atoms. The highest BCUT2D eigenvalue weighted by atomic mass is 31.1. The highest BCUT2D eigenvalue weighted by Gasteiger charge is 2.15. The standard InChI is InChI=1S/C11H21N5P2/c1-14-4-6-15(7-5-14)10-8-12-11(13-9-10)16(17-2)18-3/h8-9,17-18H,4-7H2,1-3H3. The van der Waals surface area contributed by atoms with Crippen molar-refractivity contribution in [2.75, 3.05) is 55.9 Å². The molecule has 1 aliphatic rings. The molecule has 0 aliphatic carbocycles. The number of hydrogen-bond donors (Lipinski definition) is 0. The third-order valence-corrected chi connectivity index (χ3v) is 5.78. The first-order valence-electron chi connectivity index (χ1n) is 6.15. The molecule has 2 atom stereocenters. The number of aromatic nitrogens is 2. The van der Waals surface area contributed by atoms with Crippen LogP contribution < -0.4 is 9.34 Å². The van der Waals surface area contributed by atoms with Gasteiger partial charge in [0.05, 0.1) is 18.1 Å². The summed E-state index contributed by atoms with van der Waals surface area (Å²) in [6, 6.07) is 0. The van der Waals surface area contributed by atoms with E-state index in [2.05, 4.69) is 44.6 Å². The van der Waals surface area contributed by atoms with Crippen molar-refractivity contribution in [3.63, 3.8) is 0 Å². The number of piperazine rings is 1. The van der Waals surface area contributed by atoms with Crippen LogP contribution in [0.15, 0.2) is 12.4 Å². The predicted molar refractivity (Wildman–Crippen MR) is 82.7 cm³/mol. The van der Waals surface area contributed by atoms with Gasteiger partial charge in [0, 0.05) is 26.2 Å². The fraction of sp³-hybridized carbons (Fsp3) is 0.636. The van der Waals surface area contributed by atoms with E-state index in [0.29, 0.717) is 0 Å². The van der Waals surface area contributed by atoms with Gasteiger partial charge in [0.25, 0.3) is 0 Å². The van der Waals surface area contributed by atoms with E-state index >= 15 is 0 Å². The average Bonchev–Trinajstić information content (AvgIpc) is 2.42. The van der Waals surface area contributed by atoms with Gasteiger partial charge in [-0.2, -0.15) is 0 Å². The van der Waals surface area contributed by atoms with Crippen LogP contribution in [0.4, 0.5) is 11.6 Å². The summed E-state index contributed by atoms with van der Waals surface area (Å²) in [7, 11) is 3.62. The van der Waals surface area contributed by atoms with Crippen molar-refractivity contribution in [2.24, 2.45) is 0 Å². The van der Waals surface area contributed by atoms with Crippen LogP contribution in [-0.2, 0) is 0 Å². The van der Waals surface area contributed by atoms with Crippen molar-refractivity contribution < 1.29 is 0 Å². The topological polar surface area (TPSA) is 35.5 Å². The van der Waals surface area contributed by atoms with E-state index in [0.717, 1.165) is 55.3 Å². The monoisotopic (exact) mass is 285 g/mol. The van der Waals surface area contributed by atoms with Crippen LogP contribution in [0.3, 0.4) is 0 Å². The van der Waals surface area contributed by atoms with Crippen LogP contribution >= 0.6 is 17.5 Å². The first kappa shape index (κ1) is 13.9. The Labute approximate surface area is 113 Å². The van der Waals surface area contributed by atoms with E-state index in [1.165, 1.54) is 0 Å². The van der Waals surface area contributed by atoms with Gasteiger partial charge in [-0.1, -0.05) is 0 Å². The van der Waals surface area contributed by atoms with E-state index in [-0.39, 0.29) is 0 Å². The Morgan fingerprint density at radius 3 is 2.11 bits per heavy atom. The quantitative estimate of drug-likeness (QED) is 0.783. The molecule has 0 bridgehead atoms. The minimum Gasteiger partial charge on any atom is -0.366 e. The number of rotatable bonds is 4. The normalized spacial score (nSPS) is 18.3. The molecule has 0 N–H and O–H groups in total. The summed E-state index contributed by atoms with van der Waals surface area (Å²) in [5.74, 6) is 0.856. The zero-order chi connectivity index (χ0) is 13.0. The SMILES string of the molecule is CPN(PC)c1ncc(N2CCN(C)CC2)cn1. The largest absolute Gasteiger partial charge is 0.366 e. The highest BCUT2D eigenvalue weighted by Crippen LogP contribution is 2.31. The lowest BCUT2D eigenvalue weighted by molar-refractivity contribution is 0.312. The van der Waals surface area contributed by atoms with Crippen LogP contribution in [-0.4, -0.2) is 61.4 Å². The molecule has 5 nitrogen and oxygen atoms in total. The molecule has 0 spiro atoms. The maximum absolute atomic E-state index is 4.49. The molecule has 0 radical (unpaired) electrons. The number of hydrogen-bond acceptors (Lipinski definition) is 5. The van der Waals surface area contributed by atoms with Crippen molar-refractivity contribution in [3.8, 4) is 0 Å². The molecular weight excluding hydrogens is 264 g/mol. The van der Waals surface area contributed by atoms with E-state index in [4.69, 9.17) is 0 Å². The molecule has 100 valence electrons. The first-order valence-corrected chi connectivity index (χ1v) is 9.04. The van der Waals surface area contributed by atoms with Gasteiger partial charge in [0.2, 0.25) is 5.95 Å². The molecule has 1 saturated heterocycles. The van der Waals surface area contributed by atoms with Crippen LogP contribution in [0, 0.1) is 0 Å². The first-order chi connectivity index (χ1) is 8.74. The predicted octanol–water partition coefficient (Wildman–Crippen LogP) is 1.48. The Balaban J connectivity index is 2.03. The third-order valence-electron chi connectivity index (χ3n) is 3.14. The molecule has 0 aromatic carbocycles. The van der Waals surface area contributed by atoms with Crippen LogP contribution in [0.25, 0.3) is 0 Å². The molecule has 2 unspecified atom stereocenters. The maximum atomic E-state index is 4.49. The molecule has 7 heteroatoms. The summed E-state index contributed by atoms with van der Waals surface area (Å²) >= 11 is 0. The lowest BCUT2D eigenvalue weighted by Gasteiger charge is -2.33. The smallest absolute Gasteiger partial charge is 0.231 e. The van der Waals surface area contributed by atoms with E-state index in [9.17, 15) is 0 Å². The van der Waals surface area contributed by atoms with Gasteiger partial charge in [-0.3, -0.25) is 0 Å². The zero-order valence-corrected chi connectivity index (χ0v) is 13.2. The fourth-order valence-electron chi connectivity index (χ4n) is 1.97. The van der Waals surface area contributed by atoms with Crippen LogP contribution in [0.5, 0.6) is 0 Å². The van der Waals surface area contributed by atoms with Gasteiger partial charge in [0.1, 0.15) is 0 Å². The van der Waals surface area contributed by atoms with Gasteiger partial charge in [-0.15, -0.1) is 0 Å². The molecular formula is C11H21N5P2. The van der Waals surface area contributed by atoms with Crippen molar-refractivity contribution in [1.82, 2.24) is 14.9 Å². The molecule has 1 fully saturated rings. The fourth-order valence-corrected chi connectivity index (χ4v) is 3.49. The number of anilines is 2. The van der Waals surface area contributed by atoms with Crippen LogP contribution in [0.1, 0.15) is 0 Å². The van der Waals surface area contributed by atoms with Crippen molar-refractivity contribution in [3.05, 3.63) is 12.4 Å². The molecule has 2 rings (SSSR count). The van der Waals surface area contributed by atoms with Gasteiger partial charge in [-0.25, -0.2) is 9.97 Å². The Kier molecular flexibility index (Phi) is 5.11. The van der Waals surface area contributed by atoms with E-state index in [1.807, 2.05) is 12.4 Å². The third kappa shape index (κ3) is 3.28. The number of nitrogens with zero attached hydrogens (tertiary/aromatic N) is 5. The minimum atomic E-state index is 0.726. The Morgan fingerprint density at radius 1 is 1.06 bits per heavy atom. The van der Waals surface area contributed by atoms with Gasteiger partial charge in [-0.05, 0) is 37.8 Å². The average molecular weight is 285 g/mol. The van der Waals surface area contributed by atoms with Crippen molar-refractivity contribution in [1.29, 1.82) is 0 Å². The second kappa shape index (κ2) is 6.60. The van der Waals surface area contributed by atoms with E-state index in [1.54, 1.807) is 0 Å². The molecule has 1 aliphatic heterocycles. The lowest BCUT2D eigenvalue weighted by atomic mass is 10.3. The summed E-state index contributed by atoms with van der Waals surface area (Å²) in [5.41, 5.74) is 1.14. The zero-order valence-electron chi connectivity index (χ0n) is 11.2. The lowest BCUT2D eigenvalue weighted by Crippen LogP contribution is -2.44. The van der Waals surface area contributed by atoms with Gasteiger partial charge in [0.15, 0.2) is 0 Å². The summed E-state index contributed by atoms with van der Waals surface area (Å²) in [5, 5.41) is 0. The van der Waals surface area contributed by atoms with Gasteiger partial charge >= 0.3 is 0 Å². The second-order valence-electron chi connectivity index (χ2n) is 4.31. The molecule has 1 aromatic heterocycles. The molecule has 0 saturated carbocycles. The van der Waals surface area contributed by atoms with E-state index < -0.39 is 0 Å². The molecule has 2 heterocycles. The Morgan fingerprint density at radius 2 is 1.61 bits per heavy atom. The van der Waals surface area contributed by atoms with Crippen molar-refractivity contribution in [2.45, 2.75) is 0 Å². The number of likely N-dealkylation sites (N-methyl/N-ethyl adjacent to an activating group) is 1. The molecule has 1 aromatic rings. The van der Waals surface area contributed by atoms with Gasteiger partial charge < -0.3 is 14.2 Å². The highest BCUT2D eigenvalue weighted by molar-refractivity contribution is 7.58. The Hall–Kier alpha value is -0.500. The summed E-state index contributed by atoms with van der Waals surface area (Å²) in [4.78, 5) is 13.7. The van der Waals surface area contributed by atoms with Crippen LogP contribution in [0.2, 0.25) is 0 Å². The summed E-state index contributed by atoms with van der Waals surface area (Å²) in [6.45, 7) is 8.67. The minimum absolute atomic E-state index is 0.726. The Bertz CT molecular complexity index is 360. The maximum Gasteiger partial charge on any atom is 0.231 e. The molecule has 0 amide bonds.